The molecule has 2 rings (SSSR count). The summed E-state index contributed by atoms with van der Waals surface area (Å²) in [6.45, 7) is 1.82. The van der Waals surface area contributed by atoms with E-state index in [9.17, 15) is 4.79 Å². The van der Waals surface area contributed by atoms with E-state index in [0.717, 1.165) is 11.3 Å². The Morgan fingerprint density at radius 2 is 2.50 bits per heavy atom. The zero-order valence-electron chi connectivity index (χ0n) is 11.2. The molecule has 0 bridgehead atoms. The third-order valence-corrected chi connectivity index (χ3v) is 3.39. The monoisotopic (exact) mass is 295 g/mol. The van der Waals surface area contributed by atoms with Crippen molar-refractivity contribution in [3.8, 4) is 0 Å². The summed E-state index contributed by atoms with van der Waals surface area (Å²) < 4.78 is 10.2. The van der Waals surface area contributed by atoms with Crippen LogP contribution < -0.4 is 10.6 Å². The molecule has 1 aliphatic heterocycles. The molecule has 1 aromatic heterocycles. The van der Waals surface area contributed by atoms with Crippen molar-refractivity contribution in [3.63, 3.8) is 0 Å². The number of hydrogen-bond donors (Lipinski definition) is 1. The lowest BCUT2D eigenvalue weighted by molar-refractivity contribution is -0.144. The number of nitrogens with zero attached hydrogens (tertiary/aromatic N) is 2. The highest BCUT2D eigenvalue weighted by Crippen LogP contribution is 2.22. The molecule has 0 saturated carbocycles. The van der Waals surface area contributed by atoms with Gasteiger partial charge >= 0.3 is 5.97 Å². The highest BCUT2D eigenvalue weighted by Gasteiger charge is 2.25. The van der Waals surface area contributed by atoms with Crippen molar-refractivity contribution in [1.29, 1.82) is 0 Å². The molecule has 1 saturated heterocycles. The zero-order chi connectivity index (χ0) is 14.5. The molecule has 20 heavy (non-hydrogen) atoms. The predicted molar refractivity (Wildman–Crippen MR) is 78.7 cm³/mol. The first-order chi connectivity index (χ1) is 9.61. The summed E-state index contributed by atoms with van der Waals surface area (Å²) in [5.74, 6) is -0.280. The Hall–Kier alpha value is -1.73. The Labute approximate surface area is 122 Å². The smallest absolute Gasteiger partial charge is 0.308 e. The maximum atomic E-state index is 11.3. The van der Waals surface area contributed by atoms with Gasteiger partial charge in [0.25, 0.3) is 0 Å². The number of carbonyl (C=O) groups excluding carboxylic acids is 1. The quantitative estimate of drug-likeness (QED) is 0.639. The molecular formula is C13H17N3O3S. The molecular weight excluding hydrogens is 278 g/mol. The Kier molecular flexibility index (Phi) is 4.86. The number of rotatable bonds is 4. The van der Waals surface area contributed by atoms with Crippen LogP contribution in [0.5, 0.6) is 0 Å². The highest BCUT2D eigenvalue weighted by atomic mass is 32.1. The number of pyridine rings is 1. The third kappa shape index (κ3) is 3.43. The van der Waals surface area contributed by atoms with Crippen molar-refractivity contribution in [3.05, 3.63) is 24.0 Å². The normalized spacial score (nSPS) is 18.6. The van der Waals surface area contributed by atoms with Gasteiger partial charge in [0, 0.05) is 24.8 Å². The summed E-state index contributed by atoms with van der Waals surface area (Å²) >= 11 is 5.06. The fraction of sp³-hybridized carbons (Fsp3) is 0.462. The van der Waals surface area contributed by atoms with E-state index >= 15 is 0 Å². The van der Waals surface area contributed by atoms with E-state index in [0.29, 0.717) is 24.7 Å². The van der Waals surface area contributed by atoms with Crippen LogP contribution in [0.15, 0.2) is 18.5 Å². The minimum absolute atomic E-state index is 0.199. The van der Waals surface area contributed by atoms with Gasteiger partial charge in [-0.1, -0.05) is 12.2 Å². The van der Waals surface area contributed by atoms with E-state index in [1.54, 1.807) is 18.5 Å². The van der Waals surface area contributed by atoms with Gasteiger partial charge in [0.1, 0.15) is 4.99 Å². The number of thiocarbonyl (C=S) groups is 1. The number of aromatic nitrogens is 1. The van der Waals surface area contributed by atoms with Gasteiger partial charge < -0.3 is 20.1 Å². The summed E-state index contributed by atoms with van der Waals surface area (Å²) in [7, 11) is 1.37. The molecule has 108 valence electrons. The lowest BCUT2D eigenvalue weighted by Gasteiger charge is -2.34. The molecule has 0 spiro atoms. The van der Waals surface area contributed by atoms with Crippen LogP contribution in [0.4, 0.5) is 5.69 Å². The summed E-state index contributed by atoms with van der Waals surface area (Å²) in [6.07, 6.45) is 3.42. The maximum Gasteiger partial charge on any atom is 0.308 e. The molecule has 1 atom stereocenters. The minimum Gasteiger partial charge on any atom is -0.469 e. The highest BCUT2D eigenvalue weighted by molar-refractivity contribution is 7.80. The van der Waals surface area contributed by atoms with Crippen LogP contribution in [0.1, 0.15) is 12.0 Å². The van der Waals surface area contributed by atoms with E-state index < -0.39 is 0 Å². The number of nitrogens with two attached hydrogens (primary N) is 1. The van der Waals surface area contributed by atoms with Crippen molar-refractivity contribution in [2.24, 2.45) is 5.73 Å². The number of morpholine rings is 1. The van der Waals surface area contributed by atoms with E-state index in [1.165, 1.54) is 7.11 Å². The zero-order valence-corrected chi connectivity index (χ0v) is 12.1. The van der Waals surface area contributed by atoms with Crippen LogP contribution in [-0.2, 0) is 14.3 Å². The molecule has 2 heterocycles. The van der Waals surface area contributed by atoms with Gasteiger partial charge in [-0.3, -0.25) is 9.78 Å². The summed E-state index contributed by atoms with van der Waals surface area (Å²) in [5, 5.41) is 0. The number of methoxy groups -OCH3 is 1. The average molecular weight is 295 g/mol. The second kappa shape index (κ2) is 6.62. The SMILES string of the molecule is COC(=O)CC1CN(c2cnccc2C(N)=S)CCO1. The largest absolute Gasteiger partial charge is 0.469 e. The van der Waals surface area contributed by atoms with Crippen LogP contribution in [0.25, 0.3) is 0 Å². The molecule has 1 aliphatic rings. The molecule has 1 aromatic rings. The van der Waals surface area contributed by atoms with Gasteiger partial charge in [-0.15, -0.1) is 0 Å². The van der Waals surface area contributed by atoms with E-state index in [-0.39, 0.29) is 18.5 Å². The lowest BCUT2D eigenvalue weighted by Crippen LogP contribution is -2.44. The van der Waals surface area contributed by atoms with Gasteiger partial charge in [0.15, 0.2) is 0 Å². The second-order valence-corrected chi connectivity index (χ2v) is 4.92. The summed E-state index contributed by atoms with van der Waals surface area (Å²) in [5.41, 5.74) is 7.39. The molecule has 6 nitrogen and oxygen atoms in total. The number of ether oxygens (including phenoxy) is 2. The van der Waals surface area contributed by atoms with Crippen molar-refractivity contribution in [2.45, 2.75) is 12.5 Å². The first-order valence-corrected chi connectivity index (χ1v) is 6.70. The Bertz CT molecular complexity index is 509. The predicted octanol–water partition coefficient (Wildman–Crippen LogP) is 0.484. The summed E-state index contributed by atoms with van der Waals surface area (Å²) in [6, 6.07) is 1.79. The average Bonchev–Trinajstić information content (AvgIpc) is 2.47. The molecule has 0 amide bonds. The molecule has 7 heteroatoms. The number of carbonyl (C=O) groups is 1. The Morgan fingerprint density at radius 3 is 3.20 bits per heavy atom. The number of hydrogen-bond acceptors (Lipinski definition) is 6. The van der Waals surface area contributed by atoms with Gasteiger partial charge in [-0.05, 0) is 6.07 Å². The van der Waals surface area contributed by atoms with Crippen LogP contribution in [0.3, 0.4) is 0 Å². The molecule has 2 N–H and O–H groups in total. The van der Waals surface area contributed by atoms with Gasteiger partial charge in [-0.25, -0.2) is 0 Å². The molecule has 0 radical (unpaired) electrons. The molecule has 0 aromatic carbocycles. The Balaban J connectivity index is 2.13. The number of esters is 1. The Morgan fingerprint density at radius 1 is 1.70 bits per heavy atom. The fourth-order valence-corrected chi connectivity index (χ4v) is 2.35. The van der Waals surface area contributed by atoms with Crippen molar-refractivity contribution in [2.75, 3.05) is 31.7 Å². The van der Waals surface area contributed by atoms with Gasteiger partial charge in [0.2, 0.25) is 0 Å². The van der Waals surface area contributed by atoms with Crippen LogP contribution in [0.2, 0.25) is 0 Å². The molecule has 0 aliphatic carbocycles. The van der Waals surface area contributed by atoms with Crippen molar-refractivity contribution in [1.82, 2.24) is 4.98 Å². The van der Waals surface area contributed by atoms with Gasteiger partial charge in [0.05, 0.1) is 38.1 Å². The van der Waals surface area contributed by atoms with E-state index in [2.05, 4.69) is 14.6 Å². The van der Waals surface area contributed by atoms with Crippen LogP contribution >= 0.6 is 12.2 Å². The van der Waals surface area contributed by atoms with Gasteiger partial charge in [-0.2, -0.15) is 0 Å². The maximum absolute atomic E-state index is 11.3. The van der Waals surface area contributed by atoms with E-state index in [4.69, 9.17) is 22.7 Å². The first-order valence-electron chi connectivity index (χ1n) is 6.29. The number of anilines is 1. The first kappa shape index (κ1) is 14.7. The van der Waals surface area contributed by atoms with Crippen molar-refractivity contribution < 1.29 is 14.3 Å². The van der Waals surface area contributed by atoms with E-state index in [1.807, 2.05) is 0 Å². The molecule has 1 fully saturated rings. The van der Waals surface area contributed by atoms with Crippen molar-refractivity contribution >= 4 is 28.9 Å². The third-order valence-electron chi connectivity index (χ3n) is 3.17. The summed E-state index contributed by atoms with van der Waals surface area (Å²) in [4.78, 5) is 17.9. The molecule has 1 unspecified atom stereocenters. The fourth-order valence-electron chi connectivity index (χ4n) is 2.18. The van der Waals surface area contributed by atoms with Crippen LogP contribution in [-0.4, -0.2) is 48.9 Å². The topological polar surface area (TPSA) is 77.7 Å². The lowest BCUT2D eigenvalue weighted by atomic mass is 10.1. The second-order valence-electron chi connectivity index (χ2n) is 4.48. The van der Waals surface area contributed by atoms with Crippen LogP contribution in [0, 0.1) is 0 Å². The minimum atomic E-state index is -0.280. The standard InChI is InChI=1S/C13H17N3O3S/c1-18-12(17)6-9-8-16(4-5-19-9)11-7-15-3-2-10(11)13(14)20/h2-3,7,9H,4-6,8H2,1H3,(H2,14,20).